The van der Waals surface area contributed by atoms with Gasteiger partial charge in [-0.15, -0.1) is 0 Å². The molecule has 106 valence electrons. The Morgan fingerprint density at radius 3 is 2.47 bits per heavy atom. The molecule has 1 aromatic rings. The zero-order valence-corrected chi connectivity index (χ0v) is 12.9. The van der Waals surface area contributed by atoms with Gasteiger partial charge in [0, 0.05) is 18.6 Å². The summed E-state index contributed by atoms with van der Waals surface area (Å²) >= 11 is 0. The molecule has 0 amide bonds. The van der Waals surface area contributed by atoms with Crippen molar-refractivity contribution in [1.29, 1.82) is 0 Å². The molecule has 2 nitrogen and oxygen atoms in total. The quantitative estimate of drug-likeness (QED) is 0.872. The van der Waals surface area contributed by atoms with Crippen molar-refractivity contribution in [3.8, 4) is 0 Å². The van der Waals surface area contributed by atoms with E-state index >= 15 is 0 Å². The van der Waals surface area contributed by atoms with Crippen LogP contribution in [0.4, 0.5) is 0 Å². The summed E-state index contributed by atoms with van der Waals surface area (Å²) in [5, 5.41) is 3.74. The van der Waals surface area contributed by atoms with Crippen LogP contribution in [0.15, 0.2) is 18.2 Å². The molecule has 2 rings (SSSR count). The molecule has 0 aromatic heterocycles. The van der Waals surface area contributed by atoms with Crippen molar-refractivity contribution in [2.45, 2.75) is 52.6 Å². The van der Waals surface area contributed by atoms with Crippen LogP contribution in [0.3, 0.4) is 0 Å². The number of aryl methyl sites for hydroxylation is 2. The molecule has 0 aliphatic carbocycles. The number of hydrogen-bond acceptors (Lipinski definition) is 2. The average Bonchev–Trinajstić information content (AvgIpc) is 2.81. The molecule has 0 saturated carbocycles. The summed E-state index contributed by atoms with van der Waals surface area (Å²) in [6.45, 7) is 12.7. The highest BCUT2D eigenvalue weighted by atomic mass is 15.2. The molecule has 2 heteroatoms. The van der Waals surface area contributed by atoms with Crippen molar-refractivity contribution < 1.29 is 0 Å². The number of likely N-dealkylation sites (tertiary alicyclic amines) is 1. The van der Waals surface area contributed by atoms with E-state index < -0.39 is 0 Å². The van der Waals surface area contributed by atoms with Crippen molar-refractivity contribution in [3.63, 3.8) is 0 Å². The summed E-state index contributed by atoms with van der Waals surface area (Å²) < 4.78 is 0. The molecule has 0 bridgehead atoms. The average molecular weight is 260 g/mol. The fourth-order valence-electron chi connectivity index (χ4n) is 3.23. The van der Waals surface area contributed by atoms with Gasteiger partial charge in [0.05, 0.1) is 0 Å². The SMILES string of the molecule is Cc1ccc(C(C)NC(C)CN2CCCC2)c(C)c1. The van der Waals surface area contributed by atoms with Crippen LogP contribution in [0.5, 0.6) is 0 Å². The van der Waals surface area contributed by atoms with E-state index in [1.54, 1.807) is 0 Å². The van der Waals surface area contributed by atoms with Crippen LogP contribution < -0.4 is 5.32 Å². The molecule has 1 aromatic carbocycles. The molecular weight excluding hydrogens is 232 g/mol. The molecule has 0 spiro atoms. The predicted octanol–water partition coefficient (Wildman–Crippen LogP) is 3.44. The first-order valence-corrected chi connectivity index (χ1v) is 7.62. The molecule has 1 aliphatic heterocycles. The van der Waals surface area contributed by atoms with Gasteiger partial charge in [0.15, 0.2) is 0 Å². The first-order chi connectivity index (χ1) is 9.06. The van der Waals surface area contributed by atoms with Crippen LogP contribution in [0, 0.1) is 13.8 Å². The minimum Gasteiger partial charge on any atom is -0.306 e. The highest BCUT2D eigenvalue weighted by Crippen LogP contribution is 2.19. The van der Waals surface area contributed by atoms with Crippen LogP contribution in [0.1, 0.15) is 49.4 Å². The van der Waals surface area contributed by atoms with E-state index in [1.807, 2.05) is 0 Å². The van der Waals surface area contributed by atoms with E-state index in [9.17, 15) is 0 Å². The fraction of sp³-hybridized carbons (Fsp3) is 0.647. The molecular formula is C17H28N2. The molecule has 2 unspecified atom stereocenters. The maximum Gasteiger partial charge on any atom is 0.0297 e. The topological polar surface area (TPSA) is 15.3 Å². The Labute approximate surface area is 118 Å². The number of rotatable bonds is 5. The Bertz CT molecular complexity index is 408. The lowest BCUT2D eigenvalue weighted by atomic mass is 10.00. The van der Waals surface area contributed by atoms with E-state index in [4.69, 9.17) is 0 Å². The first kappa shape index (κ1) is 14.5. The monoisotopic (exact) mass is 260 g/mol. The highest BCUT2D eigenvalue weighted by molar-refractivity contribution is 5.32. The normalized spacial score (nSPS) is 19.6. The summed E-state index contributed by atoms with van der Waals surface area (Å²) in [5.41, 5.74) is 4.17. The van der Waals surface area contributed by atoms with Crippen LogP contribution in [0.25, 0.3) is 0 Å². The fourth-order valence-corrected chi connectivity index (χ4v) is 3.23. The van der Waals surface area contributed by atoms with Crippen molar-refractivity contribution in [2.75, 3.05) is 19.6 Å². The summed E-state index contributed by atoms with van der Waals surface area (Å²) in [7, 11) is 0. The lowest BCUT2D eigenvalue weighted by Crippen LogP contribution is -2.39. The van der Waals surface area contributed by atoms with Crippen LogP contribution >= 0.6 is 0 Å². The Kier molecular flexibility index (Phi) is 5.00. The minimum atomic E-state index is 0.429. The Hall–Kier alpha value is -0.860. The second-order valence-corrected chi connectivity index (χ2v) is 6.16. The maximum absolute atomic E-state index is 3.74. The number of hydrogen-bond donors (Lipinski definition) is 1. The molecule has 0 radical (unpaired) electrons. The highest BCUT2D eigenvalue weighted by Gasteiger charge is 2.17. The van der Waals surface area contributed by atoms with Gasteiger partial charge < -0.3 is 10.2 Å². The van der Waals surface area contributed by atoms with Gasteiger partial charge in [-0.25, -0.2) is 0 Å². The van der Waals surface area contributed by atoms with Crippen molar-refractivity contribution in [3.05, 3.63) is 34.9 Å². The molecule has 19 heavy (non-hydrogen) atoms. The first-order valence-electron chi connectivity index (χ1n) is 7.62. The molecule has 1 heterocycles. The third kappa shape index (κ3) is 4.05. The van der Waals surface area contributed by atoms with Crippen LogP contribution in [-0.2, 0) is 0 Å². The van der Waals surface area contributed by atoms with Crippen molar-refractivity contribution in [2.24, 2.45) is 0 Å². The van der Waals surface area contributed by atoms with E-state index in [0.717, 1.165) is 0 Å². The third-order valence-electron chi connectivity index (χ3n) is 4.16. The van der Waals surface area contributed by atoms with E-state index in [-0.39, 0.29) is 0 Å². The molecule has 2 atom stereocenters. The Morgan fingerprint density at radius 1 is 1.16 bits per heavy atom. The second-order valence-electron chi connectivity index (χ2n) is 6.16. The second kappa shape index (κ2) is 6.53. The van der Waals surface area contributed by atoms with Crippen LogP contribution in [-0.4, -0.2) is 30.6 Å². The van der Waals surface area contributed by atoms with Gasteiger partial charge in [-0.3, -0.25) is 0 Å². The standard InChI is InChI=1S/C17H28N2/c1-13-7-8-17(14(2)11-13)16(4)18-15(3)12-19-9-5-6-10-19/h7-8,11,15-16,18H,5-6,9-10,12H2,1-4H3. The zero-order chi connectivity index (χ0) is 13.8. The van der Waals surface area contributed by atoms with E-state index in [2.05, 4.69) is 56.1 Å². The largest absolute Gasteiger partial charge is 0.306 e. The van der Waals surface area contributed by atoms with Gasteiger partial charge in [-0.05, 0) is 64.8 Å². The van der Waals surface area contributed by atoms with E-state index in [1.165, 1.54) is 49.2 Å². The van der Waals surface area contributed by atoms with Gasteiger partial charge in [0.1, 0.15) is 0 Å². The smallest absolute Gasteiger partial charge is 0.0297 e. The lowest BCUT2D eigenvalue weighted by molar-refractivity contribution is 0.289. The van der Waals surface area contributed by atoms with Gasteiger partial charge in [-0.2, -0.15) is 0 Å². The van der Waals surface area contributed by atoms with Crippen molar-refractivity contribution in [1.82, 2.24) is 10.2 Å². The lowest BCUT2D eigenvalue weighted by Gasteiger charge is -2.25. The number of nitrogens with zero attached hydrogens (tertiary/aromatic N) is 1. The number of benzene rings is 1. The molecule has 1 aliphatic rings. The van der Waals surface area contributed by atoms with Gasteiger partial charge in [0.2, 0.25) is 0 Å². The van der Waals surface area contributed by atoms with Gasteiger partial charge in [0.25, 0.3) is 0 Å². The van der Waals surface area contributed by atoms with Crippen molar-refractivity contribution >= 4 is 0 Å². The summed E-state index contributed by atoms with van der Waals surface area (Å²) in [6, 6.07) is 7.74. The predicted molar refractivity (Wildman–Crippen MR) is 82.6 cm³/mol. The maximum atomic E-state index is 3.74. The van der Waals surface area contributed by atoms with Crippen LogP contribution in [0.2, 0.25) is 0 Å². The van der Waals surface area contributed by atoms with Gasteiger partial charge in [-0.1, -0.05) is 23.8 Å². The molecule has 1 N–H and O–H groups in total. The third-order valence-corrected chi connectivity index (χ3v) is 4.16. The summed E-state index contributed by atoms with van der Waals surface area (Å²) in [4.78, 5) is 2.58. The number of nitrogens with one attached hydrogen (secondary N) is 1. The summed E-state index contributed by atoms with van der Waals surface area (Å²) in [6.07, 6.45) is 2.75. The van der Waals surface area contributed by atoms with E-state index in [0.29, 0.717) is 12.1 Å². The zero-order valence-electron chi connectivity index (χ0n) is 12.9. The molecule has 1 fully saturated rings. The van der Waals surface area contributed by atoms with Gasteiger partial charge >= 0.3 is 0 Å². The summed E-state index contributed by atoms with van der Waals surface area (Å²) in [5.74, 6) is 0. The molecule has 1 saturated heterocycles. The minimum absolute atomic E-state index is 0.429. The Balaban J connectivity index is 1.90. The Morgan fingerprint density at radius 2 is 1.84 bits per heavy atom.